The smallest absolute Gasteiger partial charge is 0.152 e. The monoisotopic (exact) mass is 374 g/mol. The van der Waals surface area contributed by atoms with Gasteiger partial charge in [-0.05, 0) is 42.3 Å². The number of fused-ring (bicyclic) bond motifs is 1. The summed E-state index contributed by atoms with van der Waals surface area (Å²) in [6.45, 7) is 2.20. The van der Waals surface area contributed by atoms with E-state index in [1.54, 1.807) is 6.20 Å². The summed E-state index contributed by atoms with van der Waals surface area (Å²) >= 11 is 0. The summed E-state index contributed by atoms with van der Waals surface area (Å²) in [4.78, 5) is 6.70. The molecule has 0 spiro atoms. The fraction of sp³-hybridized carbons (Fsp3) is 0.273. The average molecular weight is 374 g/mol. The van der Waals surface area contributed by atoms with Gasteiger partial charge in [0.15, 0.2) is 5.76 Å². The minimum atomic E-state index is -0.339. The highest BCUT2D eigenvalue weighted by molar-refractivity contribution is 5.81. The van der Waals surface area contributed by atoms with Crippen LogP contribution in [-0.2, 0) is 13.0 Å². The molecule has 1 aliphatic rings. The zero-order valence-corrected chi connectivity index (χ0v) is 15.5. The number of hydrogen-bond acceptors (Lipinski definition) is 5. The van der Waals surface area contributed by atoms with Crippen LogP contribution >= 0.6 is 0 Å². The number of pyridine rings is 1. The molecule has 1 aromatic carbocycles. The maximum atomic E-state index is 10.6. The molecule has 1 fully saturated rings. The molecule has 28 heavy (non-hydrogen) atoms. The molecule has 3 aromatic heterocycles. The lowest BCUT2D eigenvalue weighted by atomic mass is 9.94. The Labute approximate surface area is 162 Å². The van der Waals surface area contributed by atoms with E-state index in [0.717, 1.165) is 35.7 Å². The van der Waals surface area contributed by atoms with E-state index >= 15 is 0 Å². The Morgan fingerprint density at radius 2 is 2.00 bits per heavy atom. The Morgan fingerprint density at radius 3 is 2.89 bits per heavy atom. The second-order valence-corrected chi connectivity index (χ2v) is 7.45. The van der Waals surface area contributed by atoms with Crippen LogP contribution in [0.4, 0.5) is 0 Å². The Morgan fingerprint density at radius 1 is 1.07 bits per heavy atom. The zero-order chi connectivity index (χ0) is 18.9. The molecular weight excluding hydrogens is 352 g/mol. The van der Waals surface area contributed by atoms with Gasteiger partial charge in [-0.15, -0.1) is 0 Å². The number of para-hydroxylation sites is 1. The van der Waals surface area contributed by atoms with Gasteiger partial charge in [-0.25, -0.2) is 0 Å². The van der Waals surface area contributed by atoms with Crippen LogP contribution in [0.3, 0.4) is 0 Å². The number of furan rings is 1. The van der Waals surface area contributed by atoms with Crippen molar-refractivity contribution in [3.8, 4) is 11.5 Å². The van der Waals surface area contributed by atoms with Crippen LogP contribution in [0.1, 0.15) is 11.3 Å². The van der Waals surface area contributed by atoms with Gasteiger partial charge in [-0.3, -0.25) is 15.0 Å². The minimum Gasteiger partial charge on any atom is -0.458 e. The van der Waals surface area contributed by atoms with Crippen molar-refractivity contribution >= 4 is 10.9 Å². The van der Waals surface area contributed by atoms with Crippen molar-refractivity contribution in [2.75, 3.05) is 13.1 Å². The number of rotatable bonds is 5. The van der Waals surface area contributed by atoms with Crippen LogP contribution < -0.4 is 0 Å². The molecule has 0 amide bonds. The number of aliphatic hydroxyl groups is 1. The molecular formula is C22H22N4O2. The van der Waals surface area contributed by atoms with Gasteiger partial charge in [-0.2, -0.15) is 5.10 Å². The SMILES string of the molecule is O[C@@H]1CN(Cc2ccc(-c3ccn[nH]3)o2)C[C@H]1Cc1ccnc2ccccc12. The molecule has 1 aliphatic heterocycles. The van der Waals surface area contributed by atoms with Crippen LogP contribution in [-0.4, -0.2) is 44.4 Å². The lowest BCUT2D eigenvalue weighted by molar-refractivity contribution is 0.140. The number of aromatic nitrogens is 3. The molecule has 0 aliphatic carbocycles. The van der Waals surface area contributed by atoms with Gasteiger partial charge in [0, 0.05) is 36.8 Å². The van der Waals surface area contributed by atoms with Crippen molar-refractivity contribution in [2.45, 2.75) is 19.1 Å². The van der Waals surface area contributed by atoms with Crippen molar-refractivity contribution in [2.24, 2.45) is 5.92 Å². The van der Waals surface area contributed by atoms with Gasteiger partial charge < -0.3 is 9.52 Å². The van der Waals surface area contributed by atoms with Gasteiger partial charge >= 0.3 is 0 Å². The summed E-state index contributed by atoms with van der Waals surface area (Å²) in [5.41, 5.74) is 3.12. The average Bonchev–Trinajstić information content (AvgIpc) is 3.45. The predicted molar refractivity (Wildman–Crippen MR) is 107 cm³/mol. The third kappa shape index (κ3) is 3.32. The largest absolute Gasteiger partial charge is 0.458 e. The van der Waals surface area contributed by atoms with Crippen LogP contribution in [0.15, 0.2) is 65.3 Å². The van der Waals surface area contributed by atoms with Crippen LogP contribution in [0.25, 0.3) is 22.4 Å². The van der Waals surface area contributed by atoms with Crippen molar-refractivity contribution in [1.29, 1.82) is 0 Å². The fourth-order valence-corrected chi connectivity index (χ4v) is 4.11. The topological polar surface area (TPSA) is 78.2 Å². The molecule has 5 rings (SSSR count). The standard InChI is InChI=1S/C22H22N4O2/c27-21-14-26(13-17-5-6-22(28-17)20-8-10-24-25-20)12-16(21)11-15-7-9-23-19-4-2-1-3-18(15)19/h1-10,16,21,27H,11-14H2,(H,24,25)/t16-,21-/m1/s1. The van der Waals surface area contributed by atoms with Crippen molar-refractivity contribution < 1.29 is 9.52 Å². The maximum absolute atomic E-state index is 10.6. The summed E-state index contributed by atoms with van der Waals surface area (Å²) < 4.78 is 5.93. The highest BCUT2D eigenvalue weighted by Crippen LogP contribution is 2.27. The zero-order valence-electron chi connectivity index (χ0n) is 15.5. The molecule has 6 heteroatoms. The highest BCUT2D eigenvalue weighted by atomic mass is 16.3. The minimum absolute atomic E-state index is 0.202. The van der Waals surface area contributed by atoms with Gasteiger partial charge in [0.1, 0.15) is 11.5 Å². The molecule has 0 bridgehead atoms. The Bertz CT molecular complexity index is 1070. The Kier molecular flexibility index (Phi) is 4.43. The van der Waals surface area contributed by atoms with Gasteiger partial charge in [0.05, 0.1) is 18.2 Å². The van der Waals surface area contributed by atoms with Crippen molar-refractivity contribution in [3.63, 3.8) is 0 Å². The number of H-pyrrole nitrogens is 1. The molecule has 0 radical (unpaired) electrons. The van der Waals surface area contributed by atoms with E-state index in [1.165, 1.54) is 10.9 Å². The summed E-state index contributed by atoms with van der Waals surface area (Å²) in [5.74, 6) is 1.88. The van der Waals surface area contributed by atoms with E-state index in [2.05, 4.69) is 32.2 Å². The number of likely N-dealkylation sites (tertiary alicyclic amines) is 1. The Balaban J connectivity index is 1.27. The van der Waals surface area contributed by atoms with Crippen molar-refractivity contribution in [3.05, 3.63) is 72.2 Å². The quantitative estimate of drug-likeness (QED) is 0.561. The van der Waals surface area contributed by atoms with Crippen molar-refractivity contribution in [1.82, 2.24) is 20.1 Å². The van der Waals surface area contributed by atoms with E-state index in [9.17, 15) is 5.11 Å². The predicted octanol–water partition coefficient (Wildman–Crippen LogP) is 3.25. The molecule has 4 heterocycles. The first-order valence-electron chi connectivity index (χ1n) is 9.58. The summed E-state index contributed by atoms with van der Waals surface area (Å²) in [6.07, 6.45) is 4.07. The molecule has 6 nitrogen and oxygen atoms in total. The third-order valence-electron chi connectivity index (χ3n) is 5.51. The molecule has 142 valence electrons. The molecule has 2 atom stereocenters. The summed E-state index contributed by atoms with van der Waals surface area (Å²) in [6, 6.07) is 16.1. The lowest BCUT2D eigenvalue weighted by Crippen LogP contribution is -2.21. The van der Waals surface area contributed by atoms with E-state index < -0.39 is 0 Å². The van der Waals surface area contributed by atoms with Gasteiger partial charge in [0.25, 0.3) is 0 Å². The number of nitrogens with zero attached hydrogens (tertiary/aromatic N) is 3. The number of β-amino-alcohol motifs (C(OH)–C–C–N with tert-alkyl or cyclic N) is 1. The third-order valence-corrected chi connectivity index (χ3v) is 5.51. The number of nitrogens with one attached hydrogen (secondary N) is 1. The molecule has 0 saturated carbocycles. The van der Waals surface area contributed by atoms with E-state index in [-0.39, 0.29) is 12.0 Å². The second-order valence-electron chi connectivity index (χ2n) is 7.45. The molecule has 0 unspecified atom stereocenters. The first-order chi connectivity index (χ1) is 13.8. The lowest BCUT2D eigenvalue weighted by Gasteiger charge is -2.15. The highest BCUT2D eigenvalue weighted by Gasteiger charge is 2.32. The maximum Gasteiger partial charge on any atom is 0.152 e. The normalized spacial score (nSPS) is 20.2. The molecule has 2 N–H and O–H groups in total. The summed E-state index contributed by atoms with van der Waals surface area (Å²) in [5, 5.41) is 18.7. The van der Waals surface area contributed by atoms with E-state index in [1.807, 2.05) is 42.6 Å². The first-order valence-corrected chi connectivity index (χ1v) is 9.58. The van der Waals surface area contributed by atoms with Crippen LogP contribution in [0, 0.1) is 5.92 Å². The molecule has 1 saturated heterocycles. The van der Waals surface area contributed by atoms with Crippen LogP contribution in [0.2, 0.25) is 0 Å². The van der Waals surface area contributed by atoms with Gasteiger partial charge in [0.2, 0.25) is 0 Å². The van der Waals surface area contributed by atoms with E-state index in [4.69, 9.17) is 4.42 Å². The summed E-state index contributed by atoms with van der Waals surface area (Å²) in [7, 11) is 0. The number of aromatic amines is 1. The number of benzene rings is 1. The second kappa shape index (κ2) is 7.22. The number of aliphatic hydroxyl groups excluding tert-OH is 1. The molecule has 4 aromatic rings. The van der Waals surface area contributed by atoms with Crippen LogP contribution in [0.5, 0.6) is 0 Å². The first kappa shape index (κ1) is 17.2. The fourth-order valence-electron chi connectivity index (χ4n) is 4.11. The Hall–Kier alpha value is -2.96. The van der Waals surface area contributed by atoms with E-state index in [0.29, 0.717) is 13.1 Å². The number of hydrogen-bond donors (Lipinski definition) is 2. The van der Waals surface area contributed by atoms with Gasteiger partial charge in [-0.1, -0.05) is 18.2 Å².